The summed E-state index contributed by atoms with van der Waals surface area (Å²) in [6, 6.07) is 15.6. The minimum absolute atomic E-state index is 0.0255. The Kier molecular flexibility index (Phi) is 9.76. The first-order chi connectivity index (χ1) is 15.3. The molecule has 2 N–H and O–H groups in total. The second kappa shape index (κ2) is 12.3. The van der Waals surface area contributed by atoms with Gasteiger partial charge < -0.3 is 15.4 Å². The van der Waals surface area contributed by atoms with Crippen LogP contribution in [0.15, 0.2) is 48.5 Å². The second-order valence-corrected chi connectivity index (χ2v) is 8.80. The van der Waals surface area contributed by atoms with E-state index in [4.69, 9.17) is 4.74 Å². The molecule has 1 unspecified atom stereocenters. The summed E-state index contributed by atoms with van der Waals surface area (Å²) >= 11 is 0. The summed E-state index contributed by atoms with van der Waals surface area (Å²) in [5.41, 5.74) is 3.16. The monoisotopic (exact) mass is 438 g/mol. The highest BCUT2D eigenvalue weighted by Crippen LogP contribution is 2.26. The first-order valence-electron chi connectivity index (χ1n) is 11.7. The van der Waals surface area contributed by atoms with Gasteiger partial charge in [-0.05, 0) is 61.9 Å². The molecule has 0 spiro atoms. The largest absolute Gasteiger partial charge is 0.446 e. The Labute approximate surface area is 192 Å². The number of nitrogens with one attached hydrogen (secondary N) is 2. The Bertz CT molecular complexity index is 857. The van der Waals surface area contributed by atoms with Crippen molar-refractivity contribution in [1.82, 2.24) is 10.6 Å². The van der Waals surface area contributed by atoms with Crippen molar-refractivity contribution in [2.24, 2.45) is 0 Å². The lowest BCUT2D eigenvalue weighted by Gasteiger charge is -2.28. The van der Waals surface area contributed by atoms with E-state index in [0.29, 0.717) is 5.56 Å². The Morgan fingerprint density at radius 2 is 1.47 bits per heavy atom. The number of ether oxygens (including phenoxy) is 1. The van der Waals surface area contributed by atoms with E-state index in [1.807, 2.05) is 62.4 Å². The zero-order valence-electron chi connectivity index (χ0n) is 20.2. The van der Waals surface area contributed by atoms with Gasteiger partial charge in [0.25, 0.3) is 5.91 Å². The van der Waals surface area contributed by atoms with Crippen LogP contribution in [0.1, 0.15) is 82.1 Å². The molecule has 174 valence electrons. The molecule has 0 fully saturated rings. The molecule has 0 heterocycles. The van der Waals surface area contributed by atoms with Crippen LogP contribution in [0.3, 0.4) is 0 Å². The summed E-state index contributed by atoms with van der Waals surface area (Å²) in [5.74, 6) is -0.0989. The van der Waals surface area contributed by atoms with Crippen LogP contribution in [0.4, 0.5) is 4.79 Å². The van der Waals surface area contributed by atoms with Gasteiger partial charge in [0.15, 0.2) is 0 Å². The van der Waals surface area contributed by atoms with Gasteiger partial charge in [-0.15, -0.1) is 0 Å². The van der Waals surface area contributed by atoms with E-state index in [1.54, 1.807) is 7.05 Å². The van der Waals surface area contributed by atoms with E-state index in [9.17, 15) is 9.59 Å². The molecule has 2 rings (SSSR count). The van der Waals surface area contributed by atoms with E-state index in [-0.39, 0.29) is 18.1 Å². The Balaban J connectivity index is 2.02. The topological polar surface area (TPSA) is 67.4 Å². The van der Waals surface area contributed by atoms with Gasteiger partial charge in [-0.1, -0.05) is 69.5 Å². The molecule has 0 aliphatic rings. The van der Waals surface area contributed by atoms with Gasteiger partial charge in [-0.3, -0.25) is 4.79 Å². The number of amides is 2. The molecule has 0 aromatic heterocycles. The maximum Gasteiger partial charge on any atom is 0.408 e. The predicted octanol–water partition coefficient (Wildman–Crippen LogP) is 6.42. The normalized spacial score (nSPS) is 12.2. The molecule has 1 atom stereocenters. The quantitative estimate of drug-likeness (QED) is 0.398. The third-order valence-electron chi connectivity index (χ3n) is 5.74. The van der Waals surface area contributed by atoms with Crippen molar-refractivity contribution < 1.29 is 14.3 Å². The second-order valence-electron chi connectivity index (χ2n) is 8.80. The molecule has 0 aliphatic heterocycles. The van der Waals surface area contributed by atoms with Gasteiger partial charge in [0, 0.05) is 12.6 Å². The fraction of sp³-hybridized carbons (Fsp3) is 0.481. The number of alkyl carbamates (subject to hydrolysis) is 1. The first-order valence-corrected chi connectivity index (χ1v) is 11.7. The summed E-state index contributed by atoms with van der Waals surface area (Å²) in [6.45, 7) is 8.25. The van der Waals surface area contributed by atoms with E-state index in [0.717, 1.165) is 55.2 Å². The highest BCUT2D eigenvalue weighted by atomic mass is 16.6. The molecule has 32 heavy (non-hydrogen) atoms. The van der Waals surface area contributed by atoms with Crippen molar-refractivity contribution >= 4 is 12.0 Å². The molecule has 5 heteroatoms. The van der Waals surface area contributed by atoms with Crippen LogP contribution in [-0.2, 0) is 10.3 Å². The molecule has 0 radical (unpaired) electrons. The number of rotatable bonds is 11. The maximum atomic E-state index is 12.6. The van der Waals surface area contributed by atoms with Crippen LogP contribution in [0.5, 0.6) is 0 Å². The number of unbranched alkanes of at least 4 members (excludes halogenated alkanes) is 2. The van der Waals surface area contributed by atoms with Crippen LogP contribution in [-0.4, -0.2) is 25.2 Å². The molecular weight excluding hydrogens is 400 g/mol. The zero-order chi connectivity index (χ0) is 23.6. The van der Waals surface area contributed by atoms with E-state index < -0.39 is 5.54 Å². The average molecular weight is 439 g/mol. The summed E-state index contributed by atoms with van der Waals surface area (Å²) in [5, 5.41) is 5.66. The van der Waals surface area contributed by atoms with Gasteiger partial charge in [0.2, 0.25) is 0 Å². The number of carbonyl (C=O) groups is 2. The van der Waals surface area contributed by atoms with Gasteiger partial charge in [-0.25, -0.2) is 4.79 Å². The SMILES string of the molecule is CCCCCC(CCC)OC(=O)NC(C)(C)c1ccc(-c2ccc(C(=O)NC)cc2)cc1. The Hall–Kier alpha value is -2.82. The fourth-order valence-corrected chi connectivity index (χ4v) is 3.75. The van der Waals surface area contributed by atoms with Crippen molar-refractivity contribution in [2.45, 2.75) is 77.9 Å². The Morgan fingerprint density at radius 3 is 2.00 bits per heavy atom. The van der Waals surface area contributed by atoms with Crippen LogP contribution in [0.25, 0.3) is 11.1 Å². The van der Waals surface area contributed by atoms with Crippen molar-refractivity contribution in [3.63, 3.8) is 0 Å². The molecule has 2 aromatic rings. The van der Waals surface area contributed by atoms with Gasteiger partial charge in [0.1, 0.15) is 6.10 Å². The summed E-state index contributed by atoms with van der Waals surface area (Å²) in [6.07, 6.45) is 5.83. The summed E-state index contributed by atoms with van der Waals surface area (Å²) < 4.78 is 5.74. The summed E-state index contributed by atoms with van der Waals surface area (Å²) in [7, 11) is 1.62. The van der Waals surface area contributed by atoms with E-state index >= 15 is 0 Å². The number of benzene rings is 2. The minimum atomic E-state index is -0.557. The zero-order valence-corrected chi connectivity index (χ0v) is 20.2. The molecule has 0 saturated carbocycles. The van der Waals surface area contributed by atoms with Gasteiger partial charge in [0.05, 0.1) is 5.54 Å². The lowest BCUT2D eigenvalue weighted by atomic mass is 9.92. The highest BCUT2D eigenvalue weighted by molar-refractivity contribution is 5.94. The van der Waals surface area contributed by atoms with Crippen LogP contribution < -0.4 is 10.6 Å². The minimum Gasteiger partial charge on any atom is -0.446 e. The number of hydrogen-bond donors (Lipinski definition) is 2. The molecule has 5 nitrogen and oxygen atoms in total. The van der Waals surface area contributed by atoms with Crippen molar-refractivity contribution in [2.75, 3.05) is 7.05 Å². The standard InChI is InChI=1S/C27H38N2O3/c1-6-8-9-11-24(10-7-2)32-26(31)29-27(3,4)23-18-16-21(17-19-23)20-12-14-22(15-13-20)25(30)28-5/h12-19,24H,6-11H2,1-5H3,(H,28,30)(H,29,31). The van der Waals surface area contributed by atoms with E-state index in [2.05, 4.69) is 24.5 Å². The Morgan fingerprint density at radius 1 is 0.875 bits per heavy atom. The van der Waals surface area contributed by atoms with Crippen molar-refractivity contribution in [3.8, 4) is 11.1 Å². The average Bonchev–Trinajstić information content (AvgIpc) is 2.78. The van der Waals surface area contributed by atoms with Crippen molar-refractivity contribution in [1.29, 1.82) is 0 Å². The smallest absolute Gasteiger partial charge is 0.408 e. The first kappa shape index (κ1) is 25.4. The van der Waals surface area contributed by atoms with E-state index in [1.165, 1.54) is 0 Å². The number of hydrogen-bond acceptors (Lipinski definition) is 3. The summed E-state index contributed by atoms with van der Waals surface area (Å²) in [4.78, 5) is 24.3. The van der Waals surface area contributed by atoms with Gasteiger partial charge >= 0.3 is 6.09 Å². The van der Waals surface area contributed by atoms with Crippen molar-refractivity contribution in [3.05, 3.63) is 59.7 Å². The molecule has 2 aromatic carbocycles. The number of carbonyl (C=O) groups excluding carboxylic acids is 2. The molecule has 2 amide bonds. The lowest BCUT2D eigenvalue weighted by molar-refractivity contribution is 0.0785. The van der Waals surface area contributed by atoms with Crippen LogP contribution in [0, 0.1) is 0 Å². The molecule has 0 saturated heterocycles. The lowest BCUT2D eigenvalue weighted by Crippen LogP contribution is -2.42. The third kappa shape index (κ3) is 7.40. The maximum absolute atomic E-state index is 12.6. The third-order valence-corrected chi connectivity index (χ3v) is 5.74. The fourth-order valence-electron chi connectivity index (χ4n) is 3.75. The van der Waals surface area contributed by atoms with Gasteiger partial charge in [-0.2, -0.15) is 0 Å². The van der Waals surface area contributed by atoms with Crippen LogP contribution >= 0.6 is 0 Å². The van der Waals surface area contributed by atoms with Crippen LogP contribution in [0.2, 0.25) is 0 Å². The molecular formula is C27H38N2O3. The highest BCUT2D eigenvalue weighted by Gasteiger charge is 2.25. The molecule has 0 bridgehead atoms. The predicted molar refractivity (Wildman–Crippen MR) is 131 cm³/mol. The molecule has 0 aliphatic carbocycles.